The van der Waals surface area contributed by atoms with Gasteiger partial charge in [-0.3, -0.25) is 34.7 Å². The maximum atomic E-state index is 14.4. The van der Waals surface area contributed by atoms with Gasteiger partial charge in [-0.25, -0.2) is 13.8 Å². The second-order valence-corrected chi connectivity index (χ2v) is 32.5. The van der Waals surface area contributed by atoms with E-state index in [-0.39, 0.29) is 133 Å². The Labute approximate surface area is 882 Å². The van der Waals surface area contributed by atoms with Crippen LogP contribution in [-0.4, -0.2) is 60.6 Å². The molecule has 0 amide bonds. The van der Waals surface area contributed by atoms with E-state index in [4.69, 9.17) is 19.9 Å². The summed E-state index contributed by atoms with van der Waals surface area (Å²) >= 11 is 0. The normalized spacial score (nSPS) is 10.7. The second-order valence-electron chi connectivity index (χ2n) is 32.5. The predicted molar refractivity (Wildman–Crippen MR) is 525 cm³/mol. The molecule has 20 aromatic rings. The summed E-state index contributed by atoms with van der Waals surface area (Å²) in [6, 6.07) is 149. The number of hydrogen-bond donors (Lipinski definition) is 0. The molecule has 11 aromatic heterocycles. The number of carbonyl (C=O) groups excluding carboxylic acids is 1. The molecule has 0 aliphatic heterocycles. The maximum Gasteiger partial charge on any atom is 2.00 e. The fourth-order valence-electron chi connectivity index (χ4n) is 15.4. The smallest absolute Gasteiger partial charge is 0.345 e. The first kappa shape index (κ1) is 105. The monoisotopic (exact) mass is 2710 g/mol. The molecule has 12 nitrogen and oxygen atoms in total. The Hall–Kier alpha value is -13.4. The number of aryl methyl sites for hydroxylation is 2. The van der Waals surface area contributed by atoms with Gasteiger partial charge >= 0.3 is 84.3 Å². The van der Waals surface area contributed by atoms with Crippen LogP contribution < -0.4 is 0 Å². The summed E-state index contributed by atoms with van der Waals surface area (Å²) in [7, 11) is 0. The Morgan fingerprint density at radius 1 is 0.302 bits per heavy atom. The quantitative estimate of drug-likeness (QED) is 0.0526. The molecule has 9 aromatic carbocycles. The zero-order chi connectivity index (χ0) is 91.8. The molecule has 0 unspecified atom stereocenters. The molecular weight excluding hydrogens is 2620 g/mol. The first-order chi connectivity index (χ1) is 65.7. The third-order valence-corrected chi connectivity index (χ3v) is 22.6. The molecule has 0 atom stereocenters. The molecule has 19 heteroatoms. The van der Waals surface area contributed by atoms with Crippen LogP contribution in [0.1, 0.15) is 100 Å². The average Bonchev–Trinajstić information content (AvgIpc) is 1.61. The minimum atomic E-state index is -1.05. The Bertz CT molecular complexity index is 7350. The van der Waals surface area contributed by atoms with Crippen molar-refractivity contribution in [3.05, 3.63) is 535 Å². The summed E-state index contributed by atoms with van der Waals surface area (Å²) in [5, 5.41) is 0. The predicted octanol–water partition coefficient (Wildman–Crippen LogP) is 26.1. The molecule has 0 fully saturated rings. The average molecular weight is 2710 g/mol. The Kier molecular flexibility index (Phi) is 38.2. The van der Waals surface area contributed by atoms with Crippen LogP contribution >= 0.6 is 0 Å². The molecule has 0 N–H and O–H groups in total. The Morgan fingerprint density at radius 3 is 1.12 bits per heavy atom. The zero-order valence-corrected chi connectivity index (χ0v) is 87.0. The van der Waals surface area contributed by atoms with Crippen molar-refractivity contribution in [2.45, 2.75) is 64.2 Å². The number of hydrogen-bond acceptors (Lipinski definition) is 12. The van der Waals surface area contributed by atoms with E-state index in [2.05, 4.69) is 208 Å². The van der Waals surface area contributed by atoms with Gasteiger partial charge in [-0.1, -0.05) is 142 Å². The molecule has 692 valence electrons. The van der Waals surface area contributed by atoms with Gasteiger partial charge in [-0.2, -0.15) is 0 Å². The van der Waals surface area contributed by atoms with Gasteiger partial charge in [0.1, 0.15) is 17.1 Å². The number of ketones is 1. The first-order valence-electron chi connectivity index (χ1n) is 44.0. The van der Waals surface area contributed by atoms with Crippen LogP contribution in [0.2, 0.25) is 0 Å². The number of benzene rings is 9. The summed E-state index contributed by atoms with van der Waals surface area (Å²) in [6.07, 6.45) is 12.3. The van der Waals surface area contributed by atoms with Gasteiger partial charge in [0.2, 0.25) is 5.78 Å². The van der Waals surface area contributed by atoms with Crippen LogP contribution in [0.5, 0.6) is 0 Å². The Morgan fingerprint density at radius 2 is 0.676 bits per heavy atom. The fourth-order valence-corrected chi connectivity index (χ4v) is 15.4. The van der Waals surface area contributed by atoms with E-state index in [1.54, 1.807) is 36.4 Å². The zero-order valence-electron chi connectivity index (χ0n) is 75.6. The van der Waals surface area contributed by atoms with Gasteiger partial charge in [0.25, 0.3) is 0 Å². The largest absolute Gasteiger partial charge is 2.00 e. The first-order valence-corrected chi connectivity index (χ1v) is 44.0. The molecule has 0 saturated carbocycles. The van der Waals surface area contributed by atoms with Crippen molar-refractivity contribution >= 4 is 5.78 Å². The van der Waals surface area contributed by atoms with Crippen molar-refractivity contribution in [2.24, 2.45) is 0 Å². The van der Waals surface area contributed by atoms with Crippen LogP contribution in [0.4, 0.5) is 8.78 Å². The molecule has 139 heavy (non-hydrogen) atoms. The molecule has 0 saturated heterocycles. The van der Waals surface area contributed by atoms with Crippen LogP contribution in [0.25, 0.3) is 113 Å². The van der Waals surface area contributed by atoms with Gasteiger partial charge in [0, 0.05) is 91.7 Å². The van der Waals surface area contributed by atoms with E-state index in [0.717, 1.165) is 161 Å². The molecule has 0 bridgehead atoms. The van der Waals surface area contributed by atoms with Gasteiger partial charge < -0.3 is 19.9 Å². The third kappa shape index (κ3) is 27.0. The minimum Gasteiger partial charge on any atom is -0.345 e. The summed E-state index contributed by atoms with van der Waals surface area (Å²) < 4.78 is 28.7. The Balaban J connectivity index is 0.000000154. The summed E-state index contributed by atoms with van der Waals surface area (Å²) in [5.41, 5.74) is 27.2. The van der Waals surface area contributed by atoms with Crippen LogP contribution in [0.15, 0.2) is 401 Å². The molecular formula is C120H86F2N11OPt5-. The van der Waals surface area contributed by atoms with E-state index < -0.39 is 23.1 Å². The molecule has 1 aliphatic rings. The molecule has 0 radical (unpaired) electrons. The van der Waals surface area contributed by atoms with E-state index in [1.807, 2.05) is 255 Å². The third-order valence-electron chi connectivity index (χ3n) is 22.6. The van der Waals surface area contributed by atoms with Gasteiger partial charge in [-0.15, -0.1) is 321 Å². The number of pyridine rings is 11. The maximum absolute atomic E-state index is 14.4. The van der Waals surface area contributed by atoms with Gasteiger partial charge in [0.15, 0.2) is 11.6 Å². The van der Waals surface area contributed by atoms with Crippen LogP contribution in [0.3, 0.4) is 0 Å². The van der Waals surface area contributed by atoms with Crippen LogP contribution in [0, 0.1) is 66.2 Å². The van der Waals surface area contributed by atoms with Gasteiger partial charge in [0.05, 0.1) is 5.69 Å². The topological polar surface area (TPSA) is 159 Å². The molecule has 0 spiro atoms. The second kappa shape index (κ2) is 50.8. The number of aromatic nitrogens is 11. The number of fused-ring (bicyclic) bond motifs is 3. The van der Waals surface area contributed by atoms with Crippen molar-refractivity contribution in [1.29, 1.82) is 0 Å². The van der Waals surface area contributed by atoms with Crippen molar-refractivity contribution < 1.29 is 119 Å². The minimum absolute atomic E-state index is 0. The van der Waals surface area contributed by atoms with E-state index in [1.165, 1.54) is 29.0 Å². The van der Waals surface area contributed by atoms with Gasteiger partial charge in [-0.05, 0) is 144 Å². The number of rotatable bonds is 20. The van der Waals surface area contributed by atoms with Crippen molar-refractivity contribution in [3.8, 4) is 113 Å². The standard InChI is InChI=1S/C26H20N2.C25H20N2.C24H18N2.C23H16N2.C22H12F2N3O.5Pt/c1-26(2,24-10-6-7-15-27-24)21-13-11-19-16-20-12-14-23(18-8-4-3-5-9-18)28-25(20)22(19)17-21;1-25(2,24-16-6-7-17-26-24)21-13-8-12-20(18-21)23-15-9-14-22(27-23)19-10-4-3-5-11-19;1-2-9-20(10-3-1)23-13-7-14-24(26-23)21-11-6-8-19(18-21)15-16-22-12-4-5-17-25-22;1-2-9-19(10-3-1)22-13-7-14-23(25-22)20-11-6-8-18(16-20)17-21-12-4-5-15-24-21;23-15-13-16(24)21(22(28)19-9-4-5-12-25-19)27-20(15)18-11-6-10-17(26-18)14-7-2-1-3-8-14;;;;;/h3-8,10-15H,16H2,1-2H3;3-10,12-17H,1-2H3;1-9,11-14,17H,15-16H2;1-9,11-15H,17H2;1-7,9-13H;;;;;/q4*-2;-1;;4*+2. The van der Waals surface area contributed by atoms with E-state index in [0.29, 0.717) is 11.8 Å². The summed E-state index contributed by atoms with van der Waals surface area (Å²) in [4.78, 5) is 62.1. The summed E-state index contributed by atoms with van der Waals surface area (Å²) in [5.74, 6) is -2.69. The van der Waals surface area contributed by atoms with E-state index >= 15 is 0 Å². The van der Waals surface area contributed by atoms with Crippen LogP contribution in [-0.2, 0) is 142 Å². The van der Waals surface area contributed by atoms with Crippen molar-refractivity contribution in [1.82, 2.24) is 54.8 Å². The van der Waals surface area contributed by atoms with Crippen molar-refractivity contribution in [2.75, 3.05) is 0 Å². The number of halogens is 2. The molecule has 21 rings (SSSR count). The van der Waals surface area contributed by atoms with Crippen molar-refractivity contribution in [3.63, 3.8) is 0 Å². The fraction of sp³-hybridized carbons (Fsp3) is 0.0833. The number of nitrogens with zero attached hydrogens (tertiary/aromatic N) is 11. The molecule has 11 heterocycles. The SMILES string of the molecule is CC(C)(c1[c-]c(-c2cccc(-c3[c-]cccc3)n2)ccc1)c1ccccn1.CC(C)(c1[c-]c2c(cc1)Cc1ccc(-c3[c-]cccc3)nc1-2)c1ccccn1.O=C(c1ccccn1)c1nc(-c2cccc(-c3[c-]cccc3)n2)c(F)cc1F.[Pt+2].[Pt+2].[Pt+2].[Pt+2].[Pt].[c-]1ccccc1-c1cccc(-c2[c-]c(CCc3ccccn3)ccc2)n1.[c-]1ccccc1-c1cccc(-c2[c-]c(Cc3ccccn3)ccc2)n1. The summed E-state index contributed by atoms with van der Waals surface area (Å²) in [6.45, 7) is 8.75. The molecule has 1 aliphatic carbocycles. The number of carbonyl (C=O) groups is 1. The van der Waals surface area contributed by atoms with E-state index in [9.17, 15) is 13.6 Å².